The van der Waals surface area contributed by atoms with Gasteiger partial charge < -0.3 is 4.90 Å². The van der Waals surface area contributed by atoms with Crippen LogP contribution in [-0.2, 0) is 4.79 Å². The Balaban J connectivity index is 2.18. The maximum Gasteiger partial charge on any atom is 0.237 e. The lowest BCUT2D eigenvalue weighted by molar-refractivity contribution is -0.129. The van der Waals surface area contributed by atoms with Gasteiger partial charge in [0.25, 0.3) is 0 Å². The molecule has 4 nitrogen and oxygen atoms in total. The van der Waals surface area contributed by atoms with Crippen LogP contribution in [0.2, 0.25) is 0 Å². The summed E-state index contributed by atoms with van der Waals surface area (Å²) in [6, 6.07) is 0. The molecule has 1 aliphatic rings. The van der Waals surface area contributed by atoms with Crippen molar-refractivity contribution >= 4 is 5.91 Å². The SMILES string of the molecule is CN(C)NCC(=O)N1CCCC1. The molecule has 0 aliphatic carbocycles. The van der Waals surface area contributed by atoms with Crippen LogP contribution in [0.1, 0.15) is 12.8 Å². The molecule has 4 heteroatoms. The molecule has 1 rings (SSSR count). The van der Waals surface area contributed by atoms with Crippen molar-refractivity contribution in [1.82, 2.24) is 15.3 Å². The highest BCUT2D eigenvalue weighted by Gasteiger charge is 2.16. The van der Waals surface area contributed by atoms with E-state index in [1.807, 2.05) is 19.0 Å². The second-order valence-electron chi connectivity index (χ2n) is 3.32. The van der Waals surface area contributed by atoms with Crippen LogP contribution in [-0.4, -0.2) is 49.5 Å². The molecule has 0 radical (unpaired) electrons. The fourth-order valence-electron chi connectivity index (χ4n) is 1.30. The van der Waals surface area contributed by atoms with Gasteiger partial charge in [0.15, 0.2) is 0 Å². The summed E-state index contributed by atoms with van der Waals surface area (Å²) < 4.78 is 0. The zero-order valence-corrected chi connectivity index (χ0v) is 7.84. The highest BCUT2D eigenvalue weighted by atomic mass is 16.2. The van der Waals surface area contributed by atoms with Gasteiger partial charge in [-0.05, 0) is 12.8 Å². The van der Waals surface area contributed by atoms with E-state index in [1.165, 1.54) is 0 Å². The maximum absolute atomic E-state index is 11.4. The number of carbonyl (C=O) groups is 1. The Bertz CT molecular complexity index is 152. The number of rotatable bonds is 3. The number of amides is 1. The van der Waals surface area contributed by atoms with Crippen molar-refractivity contribution in [3.63, 3.8) is 0 Å². The molecular weight excluding hydrogens is 154 g/mol. The molecule has 12 heavy (non-hydrogen) atoms. The quantitative estimate of drug-likeness (QED) is 0.591. The second-order valence-corrected chi connectivity index (χ2v) is 3.32. The summed E-state index contributed by atoms with van der Waals surface area (Å²) in [5.74, 6) is 0.209. The molecule has 1 amide bonds. The first kappa shape index (κ1) is 9.48. The van der Waals surface area contributed by atoms with Gasteiger partial charge in [-0.2, -0.15) is 0 Å². The van der Waals surface area contributed by atoms with Gasteiger partial charge >= 0.3 is 0 Å². The molecule has 0 unspecified atom stereocenters. The number of nitrogens with one attached hydrogen (secondary N) is 1. The summed E-state index contributed by atoms with van der Waals surface area (Å²) in [6.07, 6.45) is 2.32. The summed E-state index contributed by atoms with van der Waals surface area (Å²) in [5.41, 5.74) is 2.96. The van der Waals surface area contributed by atoms with E-state index in [-0.39, 0.29) is 5.91 Å². The average Bonchev–Trinajstić information content (AvgIpc) is 2.51. The highest BCUT2D eigenvalue weighted by Crippen LogP contribution is 2.06. The van der Waals surface area contributed by atoms with E-state index < -0.39 is 0 Å². The molecule has 1 saturated heterocycles. The Morgan fingerprint density at radius 1 is 1.42 bits per heavy atom. The summed E-state index contributed by atoms with van der Waals surface area (Å²) in [7, 11) is 3.77. The first-order valence-electron chi connectivity index (χ1n) is 4.39. The maximum atomic E-state index is 11.4. The van der Waals surface area contributed by atoms with Gasteiger partial charge in [-0.15, -0.1) is 0 Å². The predicted molar refractivity (Wildman–Crippen MR) is 47.5 cm³/mol. The van der Waals surface area contributed by atoms with Crippen LogP contribution in [0.15, 0.2) is 0 Å². The minimum absolute atomic E-state index is 0.209. The minimum atomic E-state index is 0.209. The molecule has 0 bridgehead atoms. The number of likely N-dealkylation sites (tertiary alicyclic amines) is 1. The molecular formula is C8H17N3O. The van der Waals surface area contributed by atoms with Crippen molar-refractivity contribution in [2.75, 3.05) is 33.7 Å². The normalized spacial score (nSPS) is 17.4. The van der Waals surface area contributed by atoms with Gasteiger partial charge in [-0.25, -0.2) is 5.43 Å². The third-order valence-electron chi connectivity index (χ3n) is 2.01. The summed E-state index contributed by atoms with van der Waals surface area (Å²) in [5, 5.41) is 1.80. The first-order chi connectivity index (χ1) is 5.70. The minimum Gasteiger partial charge on any atom is -0.342 e. The zero-order valence-electron chi connectivity index (χ0n) is 7.84. The van der Waals surface area contributed by atoms with E-state index in [1.54, 1.807) is 5.01 Å². The van der Waals surface area contributed by atoms with Crippen LogP contribution in [0.5, 0.6) is 0 Å². The third kappa shape index (κ3) is 2.79. The predicted octanol–water partition coefficient (Wildman–Crippen LogP) is -0.325. The van der Waals surface area contributed by atoms with Gasteiger partial charge in [-0.3, -0.25) is 9.80 Å². The molecule has 1 N–H and O–H groups in total. The van der Waals surface area contributed by atoms with E-state index >= 15 is 0 Å². The van der Waals surface area contributed by atoms with E-state index in [4.69, 9.17) is 0 Å². The van der Waals surface area contributed by atoms with Crippen LogP contribution < -0.4 is 5.43 Å². The fourth-order valence-corrected chi connectivity index (χ4v) is 1.30. The van der Waals surface area contributed by atoms with Crippen molar-refractivity contribution in [3.8, 4) is 0 Å². The van der Waals surface area contributed by atoms with Crippen molar-refractivity contribution in [3.05, 3.63) is 0 Å². The smallest absolute Gasteiger partial charge is 0.237 e. The van der Waals surface area contributed by atoms with Crippen molar-refractivity contribution in [1.29, 1.82) is 0 Å². The van der Waals surface area contributed by atoms with E-state index in [0.717, 1.165) is 25.9 Å². The van der Waals surface area contributed by atoms with Crippen LogP contribution in [0.25, 0.3) is 0 Å². The average molecular weight is 171 g/mol. The number of hydrogen-bond acceptors (Lipinski definition) is 3. The van der Waals surface area contributed by atoms with E-state index in [0.29, 0.717) is 6.54 Å². The molecule has 0 atom stereocenters. The second kappa shape index (κ2) is 4.42. The lowest BCUT2D eigenvalue weighted by Crippen LogP contribution is -2.41. The summed E-state index contributed by atoms with van der Waals surface area (Å²) in [6.45, 7) is 2.30. The molecule has 0 aromatic carbocycles. The summed E-state index contributed by atoms with van der Waals surface area (Å²) in [4.78, 5) is 13.3. The topological polar surface area (TPSA) is 35.6 Å². The first-order valence-corrected chi connectivity index (χ1v) is 4.39. The third-order valence-corrected chi connectivity index (χ3v) is 2.01. The van der Waals surface area contributed by atoms with Crippen molar-refractivity contribution in [2.45, 2.75) is 12.8 Å². The fraction of sp³-hybridized carbons (Fsp3) is 0.875. The van der Waals surface area contributed by atoms with Gasteiger partial charge in [0, 0.05) is 27.2 Å². The molecule has 0 spiro atoms. The number of nitrogens with zero attached hydrogens (tertiary/aromatic N) is 2. The van der Waals surface area contributed by atoms with E-state index in [2.05, 4.69) is 5.43 Å². The van der Waals surface area contributed by atoms with Gasteiger partial charge in [-0.1, -0.05) is 0 Å². The molecule has 1 heterocycles. The molecule has 1 fully saturated rings. The standard InChI is InChI=1S/C8H17N3O/c1-10(2)9-7-8(12)11-5-3-4-6-11/h9H,3-7H2,1-2H3. The molecule has 70 valence electrons. The highest BCUT2D eigenvalue weighted by molar-refractivity contribution is 5.78. The van der Waals surface area contributed by atoms with Crippen molar-refractivity contribution in [2.24, 2.45) is 0 Å². The van der Waals surface area contributed by atoms with Crippen LogP contribution in [0.3, 0.4) is 0 Å². The monoisotopic (exact) mass is 171 g/mol. The number of hydrogen-bond donors (Lipinski definition) is 1. The molecule has 0 saturated carbocycles. The number of hydrazine groups is 1. The van der Waals surface area contributed by atoms with Crippen LogP contribution in [0, 0.1) is 0 Å². The Kier molecular flexibility index (Phi) is 3.49. The lowest BCUT2D eigenvalue weighted by Gasteiger charge is -2.17. The Morgan fingerprint density at radius 2 is 2.00 bits per heavy atom. The van der Waals surface area contributed by atoms with Crippen LogP contribution >= 0.6 is 0 Å². The summed E-state index contributed by atoms with van der Waals surface area (Å²) >= 11 is 0. The largest absolute Gasteiger partial charge is 0.342 e. The molecule has 1 aliphatic heterocycles. The van der Waals surface area contributed by atoms with Gasteiger partial charge in [0.05, 0.1) is 6.54 Å². The number of carbonyl (C=O) groups excluding carboxylic acids is 1. The van der Waals surface area contributed by atoms with Gasteiger partial charge in [0.2, 0.25) is 5.91 Å². The molecule has 0 aromatic heterocycles. The van der Waals surface area contributed by atoms with Crippen molar-refractivity contribution < 1.29 is 4.79 Å². The van der Waals surface area contributed by atoms with Gasteiger partial charge in [0.1, 0.15) is 0 Å². The Morgan fingerprint density at radius 3 is 2.50 bits per heavy atom. The zero-order chi connectivity index (χ0) is 8.97. The Hall–Kier alpha value is -0.610. The lowest BCUT2D eigenvalue weighted by atomic mass is 10.4. The van der Waals surface area contributed by atoms with E-state index in [9.17, 15) is 4.79 Å². The Labute approximate surface area is 73.5 Å². The molecule has 0 aromatic rings. The van der Waals surface area contributed by atoms with Crippen LogP contribution in [0.4, 0.5) is 0 Å².